The van der Waals surface area contributed by atoms with Crippen LogP contribution in [0.2, 0.25) is 5.15 Å². The summed E-state index contributed by atoms with van der Waals surface area (Å²) in [6.07, 6.45) is 0. The van der Waals surface area contributed by atoms with Crippen LogP contribution in [0.4, 0.5) is 21.5 Å². The van der Waals surface area contributed by atoms with Gasteiger partial charge in [-0.15, -0.1) is 22.0 Å². The second kappa shape index (κ2) is 9.52. The molecule has 1 aromatic heterocycles. The SMILES string of the molecule is COc1ccc2cc(C3SCC(=O)N3c3cc(O)ccc3N=Nc3ccccc3F)c(Cl)nc2c1. The number of benzene rings is 3. The van der Waals surface area contributed by atoms with Crippen LogP contribution < -0.4 is 9.64 Å². The number of carbonyl (C=O) groups excluding carboxylic acids is 1. The van der Waals surface area contributed by atoms with E-state index in [9.17, 15) is 14.3 Å². The van der Waals surface area contributed by atoms with Crippen LogP contribution >= 0.6 is 23.4 Å². The third-order valence-corrected chi connectivity index (χ3v) is 6.97. The fourth-order valence-electron chi connectivity index (χ4n) is 3.78. The minimum Gasteiger partial charge on any atom is -0.508 e. The van der Waals surface area contributed by atoms with Crippen molar-refractivity contribution in [2.45, 2.75) is 5.37 Å². The van der Waals surface area contributed by atoms with Gasteiger partial charge < -0.3 is 9.84 Å². The molecule has 176 valence electrons. The molecule has 1 aliphatic heterocycles. The van der Waals surface area contributed by atoms with E-state index >= 15 is 0 Å². The summed E-state index contributed by atoms with van der Waals surface area (Å²) in [5, 5.41) is 18.9. The number of thioether (sulfide) groups is 1. The molecule has 7 nitrogen and oxygen atoms in total. The van der Waals surface area contributed by atoms with Gasteiger partial charge in [0.2, 0.25) is 5.91 Å². The Bertz CT molecular complexity index is 1480. The number of anilines is 1. The maximum atomic E-state index is 14.0. The molecule has 35 heavy (non-hydrogen) atoms. The predicted molar refractivity (Wildman–Crippen MR) is 135 cm³/mol. The highest BCUT2D eigenvalue weighted by molar-refractivity contribution is 8.00. The number of aromatic nitrogens is 1. The lowest BCUT2D eigenvalue weighted by molar-refractivity contribution is -0.115. The first-order chi connectivity index (χ1) is 16.9. The van der Waals surface area contributed by atoms with Crippen LogP contribution in [-0.2, 0) is 4.79 Å². The number of aromatic hydroxyl groups is 1. The van der Waals surface area contributed by atoms with E-state index in [0.29, 0.717) is 28.2 Å². The summed E-state index contributed by atoms with van der Waals surface area (Å²) in [7, 11) is 1.58. The summed E-state index contributed by atoms with van der Waals surface area (Å²) in [5.41, 5.74) is 1.98. The van der Waals surface area contributed by atoms with E-state index in [0.717, 1.165) is 5.39 Å². The first-order valence-corrected chi connectivity index (χ1v) is 11.9. The van der Waals surface area contributed by atoms with Gasteiger partial charge in [0.25, 0.3) is 0 Å². The fraction of sp³-hybridized carbons (Fsp3) is 0.120. The van der Waals surface area contributed by atoms with Crippen molar-refractivity contribution < 1.29 is 19.0 Å². The van der Waals surface area contributed by atoms with Crippen LogP contribution in [0, 0.1) is 5.82 Å². The van der Waals surface area contributed by atoms with Gasteiger partial charge in [0.05, 0.1) is 24.1 Å². The van der Waals surface area contributed by atoms with Crippen molar-refractivity contribution in [2.24, 2.45) is 10.2 Å². The quantitative estimate of drug-likeness (QED) is 0.233. The normalized spacial score (nSPS) is 15.9. The Morgan fingerprint density at radius 2 is 1.91 bits per heavy atom. The Kier molecular flexibility index (Phi) is 6.27. The van der Waals surface area contributed by atoms with Gasteiger partial charge in [-0.05, 0) is 42.5 Å². The van der Waals surface area contributed by atoms with E-state index in [4.69, 9.17) is 16.3 Å². The Balaban J connectivity index is 1.58. The number of hydrogen-bond acceptors (Lipinski definition) is 7. The molecule has 1 fully saturated rings. The summed E-state index contributed by atoms with van der Waals surface area (Å²) in [6.45, 7) is 0. The van der Waals surface area contributed by atoms with Crippen LogP contribution in [0.25, 0.3) is 10.9 Å². The average molecular weight is 509 g/mol. The summed E-state index contributed by atoms with van der Waals surface area (Å²) in [5.74, 6) is 0.0848. The second-order valence-electron chi connectivity index (χ2n) is 7.68. The molecule has 3 aromatic carbocycles. The molecule has 1 atom stereocenters. The van der Waals surface area contributed by atoms with Crippen molar-refractivity contribution in [3.8, 4) is 11.5 Å². The number of phenolic OH excluding ortho intramolecular Hbond substituents is 1. The topological polar surface area (TPSA) is 87.4 Å². The molecule has 2 heterocycles. The zero-order chi connectivity index (χ0) is 24.5. The molecular formula is C25H18ClFN4O3S. The van der Waals surface area contributed by atoms with Crippen LogP contribution in [0.15, 0.2) is 77.0 Å². The van der Waals surface area contributed by atoms with Gasteiger partial charge in [0.15, 0.2) is 5.82 Å². The lowest BCUT2D eigenvalue weighted by Crippen LogP contribution is -2.28. The molecule has 0 radical (unpaired) electrons. The first-order valence-electron chi connectivity index (χ1n) is 10.5. The number of amides is 1. The third-order valence-electron chi connectivity index (χ3n) is 5.48. The number of ether oxygens (including phenoxy) is 1. The van der Waals surface area contributed by atoms with E-state index in [1.54, 1.807) is 25.3 Å². The van der Waals surface area contributed by atoms with Gasteiger partial charge in [-0.3, -0.25) is 9.69 Å². The zero-order valence-corrected chi connectivity index (χ0v) is 19.9. The number of fused-ring (bicyclic) bond motifs is 1. The molecule has 0 saturated carbocycles. The van der Waals surface area contributed by atoms with Gasteiger partial charge in [-0.1, -0.05) is 23.7 Å². The molecule has 0 spiro atoms. The van der Waals surface area contributed by atoms with Gasteiger partial charge >= 0.3 is 0 Å². The van der Waals surface area contributed by atoms with Crippen molar-refractivity contribution in [3.63, 3.8) is 0 Å². The summed E-state index contributed by atoms with van der Waals surface area (Å²) in [6, 6.07) is 17.7. The van der Waals surface area contributed by atoms with Crippen LogP contribution in [0.3, 0.4) is 0 Å². The Labute approximate surface area is 209 Å². The molecule has 4 aromatic rings. The minimum absolute atomic E-state index is 0.0527. The molecule has 0 bridgehead atoms. The maximum absolute atomic E-state index is 14.0. The number of rotatable bonds is 5. The Morgan fingerprint density at radius 3 is 2.71 bits per heavy atom. The summed E-state index contributed by atoms with van der Waals surface area (Å²) < 4.78 is 19.3. The largest absolute Gasteiger partial charge is 0.508 e. The predicted octanol–water partition coefficient (Wildman–Crippen LogP) is 6.94. The van der Waals surface area contributed by atoms with Gasteiger partial charge in [0, 0.05) is 23.1 Å². The van der Waals surface area contributed by atoms with Crippen molar-refractivity contribution >= 4 is 57.2 Å². The van der Waals surface area contributed by atoms with Gasteiger partial charge in [-0.25, -0.2) is 9.37 Å². The fourth-order valence-corrected chi connectivity index (χ4v) is 5.28. The van der Waals surface area contributed by atoms with Crippen LogP contribution in [0.1, 0.15) is 10.9 Å². The van der Waals surface area contributed by atoms with E-state index in [1.807, 2.05) is 18.2 Å². The molecule has 5 rings (SSSR count). The zero-order valence-electron chi connectivity index (χ0n) is 18.4. The molecule has 1 N–H and O–H groups in total. The monoisotopic (exact) mass is 508 g/mol. The number of carbonyl (C=O) groups is 1. The number of phenols is 1. The highest BCUT2D eigenvalue weighted by Gasteiger charge is 2.37. The number of methoxy groups -OCH3 is 1. The highest BCUT2D eigenvalue weighted by atomic mass is 35.5. The van der Waals surface area contributed by atoms with Gasteiger partial charge in [-0.2, -0.15) is 0 Å². The maximum Gasteiger partial charge on any atom is 0.238 e. The smallest absolute Gasteiger partial charge is 0.238 e. The lowest BCUT2D eigenvalue weighted by Gasteiger charge is -2.26. The molecular weight excluding hydrogens is 491 g/mol. The molecule has 0 aliphatic carbocycles. The molecule has 10 heteroatoms. The Morgan fingerprint density at radius 1 is 1.11 bits per heavy atom. The molecule has 1 unspecified atom stereocenters. The van der Waals surface area contributed by atoms with E-state index in [-0.39, 0.29) is 28.3 Å². The number of pyridine rings is 1. The van der Waals surface area contributed by atoms with Gasteiger partial charge in [0.1, 0.15) is 33.4 Å². The van der Waals surface area contributed by atoms with Crippen molar-refractivity contribution in [2.75, 3.05) is 17.8 Å². The lowest BCUT2D eigenvalue weighted by atomic mass is 10.1. The number of hydrogen-bond donors (Lipinski definition) is 1. The van der Waals surface area contributed by atoms with Crippen LogP contribution in [0.5, 0.6) is 11.5 Å². The van der Waals surface area contributed by atoms with E-state index < -0.39 is 11.2 Å². The van der Waals surface area contributed by atoms with Crippen molar-refractivity contribution in [1.82, 2.24) is 4.98 Å². The minimum atomic E-state index is -0.520. The van der Waals surface area contributed by atoms with Crippen molar-refractivity contribution in [3.05, 3.63) is 83.3 Å². The molecule has 1 aliphatic rings. The number of nitrogens with zero attached hydrogens (tertiary/aromatic N) is 4. The van der Waals surface area contributed by atoms with Crippen molar-refractivity contribution in [1.29, 1.82) is 0 Å². The summed E-state index contributed by atoms with van der Waals surface area (Å²) in [4.78, 5) is 19.0. The molecule has 1 saturated heterocycles. The second-order valence-corrected chi connectivity index (χ2v) is 9.11. The Hall–Kier alpha value is -3.69. The first kappa shape index (κ1) is 23.1. The van der Waals surface area contributed by atoms with E-state index in [1.165, 1.54) is 47.0 Å². The van der Waals surface area contributed by atoms with E-state index in [2.05, 4.69) is 15.2 Å². The standard InChI is InChI=1S/C25H18ClFN4O3S/c1-34-16-8-6-14-10-17(24(26)28-21(14)12-16)25-31(23(33)13-35-25)22-11-15(32)7-9-20(22)30-29-19-5-3-2-4-18(19)27/h2-12,25,32H,13H2,1H3. The highest BCUT2D eigenvalue weighted by Crippen LogP contribution is 2.48. The average Bonchev–Trinajstić information content (AvgIpc) is 3.24. The summed E-state index contributed by atoms with van der Waals surface area (Å²) >= 11 is 7.95. The number of halogens is 2. The molecule has 1 amide bonds. The van der Waals surface area contributed by atoms with Crippen LogP contribution in [-0.4, -0.2) is 28.9 Å². The third kappa shape index (κ3) is 4.52. The number of azo groups is 1.